The summed E-state index contributed by atoms with van der Waals surface area (Å²) in [6.07, 6.45) is 0.340. The van der Waals surface area contributed by atoms with E-state index in [4.69, 9.17) is 0 Å². The third-order valence-corrected chi connectivity index (χ3v) is 5.93. The maximum Gasteiger partial charge on any atom is 0.271 e. The van der Waals surface area contributed by atoms with Gasteiger partial charge in [0.25, 0.3) is 5.91 Å². The second-order valence-corrected chi connectivity index (χ2v) is 8.19. The molecule has 3 rings (SSSR count). The average Bonchev–Trinajstić information content (AvgIpc) is 2.69. The van der Waals surface area contributed by atoms with Crippen molar-refractivity contribution in [1.29, 1.82) is 0 Å². The van der Waals surface area contributed by atoms with Gasteiger partial charge in [0.1, 0.15) is 5.71 Å². The zero-order valence-corrected chi connectivity index (χ0v) is 15.6. The minimum absolute atomic E-state index is 0.0632. The van der Waals surface area contributed by atoms with Crippen LogP contribution in [0.25, 0.3) is 0 Å². The van der Waals surface area contributed by atoms with E-state index in [0.717, 1.165) is 0 Å². The lowest BCUT2D eigenvalue weighted by Gasteiger charge is -2.23. The van der Waals surface area contributed by atoms with Crippen LogP contribution in [0.3, 0.4) is 0 Å². The maximum atomic E-state index is 12.6. The minimum atomic E-state index is -3.49. The number of anilines is 2. The number of carbonyl (C=O) groups excluding carboxylic acids is 2. The van der Waals surface area contributed by atoms with E-state index < -0.39 is 15.7 Å². The summed E-state index contributed by atoms with van der Waals surface area (Å²) in [4.78, 5) is 24.9. The molecule has 1 heterocycles. The van der Waals surface area contributed by atoms with Gasteiger partial charge in [0, 0.05) is 12.8 Å². The summed E-state index contributed by atoms with van der Waals surface area (Å²) in [7, 11) is -3.49. The summed E-state index contributed by atoms with van der Waals surface area (Å²) in [5, 5.41) is 8.00. The number of rotatable bonds is 5. The predicted octanol–water partition coefficient (Wildman–Crippen LogP) is 2.60. The number of carbonyl (C=O) groups is 2. The fraction of sp³-hybridized carbons (Fsp3) is 0.211. The highest BCUT2D eigenvalue weighted by Gasteiger charge is 2.26. The zero-order valence-electron chi connectivity index (χ0n) is 14.8. The van der Waals surface area contributed by atoms with Crippen LogP contribution in [-0.2, 0) is 19.4 Å². The van der Waals surface area contributed by atoms with Gasteiger partial charge in [0.05, 0.1) is 22.0 Å². The molecule has 0 aromatic heterocycles. The van der Waals surface area contributed by atoms with Crippen LogP contribution in [0.4, 0.5) is 11.4 Å². The minimum Gasteiger partial charge on any atom is -0.320 e. The lowest BCUT2D eigenvalue weighted by Crippen LogP contribution is -2.36. The Kier molecular flexibility index (Phi) is 5.36. The van der Waals surface area contributed by atoms with Crippen molar-refractivity contribution in [2.24, 2.45) is 5.10 Å². The monoisotopic (exact) mass is 385 g/mol. The highest BCUT2D eigenvalue weighted by atomic mass is 32.2. The van der Waals surface area contributed by atoms with Crippen molar-refractivity contribution in [3.63, 3.8) is 0 Å². The molecule has 0 radical (unpaired) electrons. The van der Waals surface area contributed by atoms with Crippen molar-refractivity contribution in [2.45, 2.75) is 24.7 Å². The standard InChI is InChI=1S/C19H19N3O4S/c1-2-27(25,26)17-11-7-6-10-15(17)20-19(24)16-12-13-18(23)22(21-16)14-8-4-3-5-9-14/h3-11H,2,12-13H2,1H3,(H,20,24). The van der Waals surface area contributed by atoms with Crippen molar-refractivity contribution in [3.8, 4) is 0 Å². The van der Waals surface area contributed by atoms with Crippen molar-refractivity contribution in [3.05, 3.63) is 54.6 Å². The molecule has 1 aliphatic rings. The molecule has 0 aliphatic carbocycles. The quantitative estimate of drug-likeness (QED) is 0.856. The molecule has 0 bridgehead atoms. The molecule has 0 fully saturated rings. The van der Waals surface area contributed by atoms with Gasteiger partial charge in [0.2, 0.25) is 5.91 Å². The molecule has 7 nitrogen and oxygen atoms in total. The lowest BCUT2D eigenvalue weighted by atomic mass is 10.1. The molecule has 27 heavy (non-hydrogen) atoms. The first-order chi connectivity index (χ1) is 12.9. The highest BCUT2D eigenvalue weighted by Crippen LogP contribution is 2.24. The molecule has 0 saturated heterocycles. The van der Waals surface area contributed by atoms with Crippen molar-refractivity contribution < 1.29 is 18.0 Å². The predicted molar refractivity (Wildman–Crippen MR) is 103 cm³/mol. The molecular weight excluding hydrogens is 366 g/mol. The highest BCUT2D eigenvalue weighted by molar-refractivity contribution is 7.91. The van der Waals surface area contributed by atoms with E-state index in [1.807, 2.05) is 6.07 Å². The first kappa shape index (κ1) is 18.8. The average molecular weight is 385 g/mol. The zero-order chi connectivity index (χ0) is 19.4. The van der Waals surface area contributed by atoms with Crippen LogP contribution < -0.4 is 10.3 Å². The SMILES string of the molecule is CCS(=O)(=O)c1ccccc1NC(=O)C1=NN(c2ccccc2)C(=O)CC1. The molecule has 0 atom stereocenters. The van der Waals surface area contributed by atoms with E-state index in [1.165, 1.54) is 17.1 Å². The van der Waals surface area contributed by atoms with Gasteiger partial charge in [-0.15, -0.1) is 0 Å². The van der Waals surface area contributed by atoms with E-state index in [1.54, 1.807) is 43.3 Å². The second-order valence-electron chi connectivity index (χ2n) is 5.94. The Morgan fingerprint density at radius 3 is 2.44 bits per heavy atom. The Morgan fingerprint density at radius 1 is 1.07 bits per heavy atom. The molecule has 2 amide bonds. The number of hydrogen-bond donors (Lipinski definition) is 1. The summed E-state index contributed by atoms with van der Waals surface area (Å²) in [5.74, 6) is -0.800. The van der Waals surface area contributed by atoms with E-state index in [9.17, 15) is 18.0 Å². The van der Waals surface area contributed by atoms with Crippen LogP contribution >= 0.6 is 0 Å². The van der Waals surface area contributed by atoms with Gasteiger partial charge in [0.15, 0.2) is 9.84 Å². The van der Waals surface area contributed by atoms with Gasteiger partial charge in [-0.2, -0.15) is 5.10 Å². The van der Waals surface area contributed by atoms with E-state index in [0.29, 0.717) is 5.69 Å². The van der Waals surface area contributed by atoms with Crippen LogP contribution in [0.1, 0.15) is 19.8 Å². The Labute approximate surface area is 157 Å². The molecule has 2 aromatic carbocycles. The molecule has 0 saturated carbocycles. The fourth-order valence-corrected chi connectivity index (χ4v) is 3.73. The molecular formula is C19H19N3O4S. The van der Waals surface area contributed by atoms with E-state index in [2.05, 4.69) is 10.4 Å². The summed E-state index contributed by atoms with van der Waals surface area (Å²) >= 11 is 0. The molecule has 0 unspecified atom stereocenters. The Balaban J connectivity index is 1.88. The first-order valence-electron chi connectivity index (χ1n) is 8.51. The van der Waals surface area contributed by atoms with Gasteiger partial charge in [-0.3, -0.25) is 9.59 Å². The third-order valence-electron chi connectivity index (χ3n) is 4.15. The number of hydrogen-bond acceptors (Lipinski definition) is 5. The number of hydrazone groups is 1. The first-order valence-corrected chi connectivity index (χ1v) is 10.2. The molecule has 1 N–H and O–H groups in total. The summed E-state index contributed by atoms with van der Waals surface area (Å²) in [6, 6.07) is 15.1. The summed E-state index contributed by atoms with van der Waals surface area (Å²) < 4.78 is 24.5. The van der Waals surface area contributed by atoms with Gasteiger partial charge >= 0.3 is 0 Å². The second kappa shape index (κ2) is 7.71. The molecule has 0 spiro atoms. The summed E-state index contributed by atoms with van der Waals surface area (Å²) in [5.41, 5.74) is 0.943. The topological polar surface area (TPSA) is 95.9 Å². The van der Waals surface area contributed by atoms with E-state index in [-0.39, 0.29) is 40.8 Å². The molecule has 2 aromatic rings. The smallest absolute Gasteiger partial charge is 0.271 e. The van der Waals surface area contributed by atoms with Crippen LogP contribution in [0.5, 0.6) is 0 Å². The maximum absolute atomic E-state index is 12.6. The molecule has 140 valence electrons. The van der Waals surface area contributed by atoms with Crippen LogP contribution in [-0.4, -0.2) is 31.7 Å². The number of para-hydroxylation sites is 2. The number of nitrogens with one attached hydrogen (secondary N) is 1. The fourth-order valence-electron chi connectivity index (χ4n) is 2.68. The van der Waals surface area contributed by atoms with Gasteiger partial charge in [-0.25, -0.2) is 13.4 Å². The van der Waals surface area contributed by atoms with Gasteiger partial charge < -0.3 is 5.32 Å². The van der Waals surface area contributed by atoms with E-state index >= 15 is 0 Å². The Bertz CT molecular complexity index is 1000. The normalized spacial score (nSPS) is 14.6. The van der Waals surface area contributed by atoms with Crippen LogP contribution in [0, 0.1) is 0 Å². The number of amides is 2. The number of benzene rings is 2. The van der Waals surface area contributed by atoms with Crippen LogP contribution in [0.15, 0.2) is 64.6 Å². The lowest BCUT2D eigenvalue weighted by molar-refractivity contribution is -0.118. The Morgan fingerprint density at radius 2 is 1.74 bits per heavy atom. The van der Waals surface area contributed by atoms with Gasteiger partial charge in [-0.05, 0) is 24.3 Å². The summed E-state index contributed by atoms with van der Waals surface area (Å²) in [6.45, 7) is 1.54. The molecule has 1 aliphatic heterocycles. The number of sulfone groups is 1. The van der Waals surface area contributed by atoms with Gasteiger partial charge in [-0.1, -0.05) is 37.3 Å². The third kappa shape index (κ3) is 4.06. The largest absolute Gasteiger partial charge is 0.320 e. The van der Waals surface area contributed by atoms with Crippen molar-refractivity contribution in [2.75, 3.05) is 16.1 Å². The van der Waals surface area contributed by atoms with Crippen molar-refractivity contribution in [1.82, 2.24) is 0 Å². The van der Waals surface area contributed by atoms with Crippen LogP contribution in [0.2, 0.25) is 0 Å². The Hall–Kier alpha value is -3.00. The number of nitrogens with zero attached hydrogens (tertiary/aromatic N) is 2. The van der Waals surface area contributed by atoms with Crippen molar-refractivity contribution >= 4 is 38.7 Å². The molecule has 8 heteroatoms.